The van der Waals surface area contributed by atoms with E-state index in [1.54, 1.807) is 0 Å². The van der Waals surface area contributed by atoms with Gasteiger partial charge in [-0.05, 0) is 37.0 Å². The maximum absolute atomic E-state index is 14.2. The summed E-state index contributed by atoms with van der Waals surface area (Å²) in [4.78, 5) is 23.8. The SMILES string of the molecule is NC1(CNC(=O)c2cc3c(cc2F)NC(=O)CC3)CCCCCC1. The zero-order valence-corrected chi connectivity index (χ0v) is 13.8. The number of carbonyl (C=O) groups excluding carboxylic acids is 2. The van der Waals surface area contributed by atoms with Gasteiger partial charge >= 0.3 is 0 Å². The van der Waals surface area contributed by atoms with Gasteiger partial charge in [0.05, 0.1) is 5.56 Å². The number of aryl methyl sites for hydroxylation is 1. The van der Waals surface area contributed by atoms with Crippen molar-refractivity contribution < 1.29 is 14.0 Å². The minimum Gasteiger partial charge on any atom is -0.350 e. The fraction of sp³-hybridized carbons (Fsp3) is 0.556. The second-order valence-corrected chi connectivity index (χ2v) is 7.00. The molecule has 0 radical (unpaired) electrons. The number of amides is 2. The van der Waals surface area contributed by atoms with Crippen LogP contribution in [0.4, 0.5) is 10.1 Å². The summed E-state index contributed by atoms with van der Waals surface area (Å²) in [6.07, 6.45) is 7.13. The molecule has 1 fully saturated rings. The zero-order chi connectivity index (χ0) is 17.2. The van der Waals surface area contributed by atoms with Crippen LogP contribution in [0.15, 0.2) is 12.1 Å². The van der Waals surface area contributed by atoms with E-state index < -0.39 is 17.3 Å². The quantitative estimate of drug-likeness (QED) is 0.743. The highest BCUT2D eigenvalue weighted by molar-refractivity contribution is 5.98. The molecule has 6 heteroatoms. The maximum atomic E-state index is 14.2. The lowest BCUT2D eigenvalue weighted by molar-refractivity contribution is -0.116. The summed E-state index contributed by atoms with van der Waals surface area (Å²) < 4.78 is 14.2. The van der Waals surface area contributed by atoms with E-state index in [9.17, 15) is 14.0 Å². The van der Waals surface area contributed by atoms with Crippen LogP contribution in [0.5, 0.6) is 0 Å². The van der Waals surface area contributed by atoms with Crippen LogP contribution in [-0.2, 0) is 11.2 Å². The lowest BCUT2D eigenvalue weighted by Crippen LogP contribution is -2.49. The molecule has 0 bridgehead atoms. The second kappa shape index (κ2) is 6.89. The first-order valence-corrected chi connectivity index (χ1v) is 8.66. The average molecular weight is 333 g/mol. The van der Waals surface area contributed by atoms with Crippen molar-refractivity contribution in [2.45, 2.75) is 56.9 Å². The summed E-state index contributed by atoms with van der Waals surface area (Å²) in [5, 5.41) is 5.43. The van der Waals surface area contributed by atoms with Crippen LogP contribution in [-0.4, -0.2) is 23.9 Å². The summed E-state index contributed by atoms with van der Waals surface area (Å²) in [5.74, 6) is -1.20. The van der Waals surface area contributed by atoms with E-state index in [-0.39, 0.29) is 11.5 Å². The number of hydrogen-bond acceptors (Lipinski definition) is 3. The molecule has 1 aliphatic carbocycles. The Kier molecular flexibility index (Phi) is 4.85. The van der Waals surface area contributed by atoms with Crippen molar-refractivity contribution in [3.8, 4) is 0 Å². The second-order valence-electron chi connectivity index (χ2n) is 7.00. The number of hydrogen-bond donors (Lipinski definition) is 3. The molecule has 0 atom stereocenters. The molecule has 1 aromatic carbocycles. The number of anilines is 1. The predicted octanol–water partition coefficient (Wildman–Crippen LogP) is 2.49. The van der Waals surface area contributed by atoms with Crippen molar-refractivity contribution in [3.63, 3.8) is 0 Å². The number of nitrogens with one attached hydrogen (secondary N) is 2. The summed E-state index contributed by atoms with van der Waals surface area (Å²) in [5.41, 5.74) is 7.26. The van der Waals surface area contributed by atoms with Crippen molar-refractivity contribution in [2.24, 2.45) is 5.73 Å². The molecule has 2 aliphatic rings. The van der Waals surface area contributed by atoms with Crippen LogP contribution in [0, 0.1) is 5.82 Å². The van der Waals surface area contributed by atoms with Crippen molar-refractivity contribution in [2.75, 3.05) is 11.9 Å². The van der Waals surface area contributed by atoms with Crippen LogP contribution in [0.1, 0.15) is 60.9 Å². The fourth-order valence-electron chi connectivity index (χ4n) is 3.54. The lowest BCUT2D eigenvalue weighted by Gasteiger charge is -2.28. The Morgan fingerprint density at radius 2 is 1.92 bits per heavy atom. The smallest absolute Gasteiger partial charge is 0.254 e. The third-order valence-electron chi connectivity index (χ3n) is 5.03. The van der Waals surface area contributed by atoms with E-state index in [0.717, 1.165) is 31.2 Å². The average Bonchev–Trinajstić information content (AvgIpc) is 2.77. The Balaban J connectivity index is 1.70. The Bertz CT molecular complexity index is 652. The van der Waals surface area contributed by atoms with Gasteiger partial charge in [0, 0.05) is 24.2 Å². The third-order valence-corrected chi connectivity index (χ3v) is 5.03. The van der Waals surface area contributed by atoms with Gasteiger partial charge in [-0.3, -0.25) is 9.59 Å². The first-order chi connectivity index (χ1) is 11.5. The van der Waals surface area contributed by atoms with E-state index >= 15 is 0 Å². The van der Waals surface area contributed by atoms with Gasteiger partial charge in [-0.1, -0.05) is 25.7 Å². The number of fused-ring (bicyclic) bond motifs is 1. The molecule has 0 aromatic heterocycles. The lowest BCUT2D eigenvalue weighted by atomic mass is 9.91. The van der Waals surface area contributed by atoms with Crippen LogP contribution >= 0.6 is 0 Å². The van der Waals surface area contributed by atoms with Crippen LogP contribution < -0.4 is 16.4 Å². The highest BCUT2D eigenvalue weighted by Crippen LogP contribution is 2.27. The molecule has 1 aliphatic heterocycles. The van der Waals surface area contributed by atoms with Gasteiger partial charge in [-0.2, -0.15) is 0 Å². The largest absolute Gasteiger partial charge is 0.350 e. The minimum atomic E-state index is -0.625. The third kappa shape index (κ3) is 3.75. The summed E-state index contributed by atoms with van der Waals surface area (Å²) in [6.45, 7) is 0.360. The van der Waals surface area contributed by atoms with Gasteiger partial charge in [0.2, 0.25) is 5.91 Å². The molecular weight excluding hydrogens is 309 g/mol. The van der Waals surface area contributed by atoms with Crippen LogP contribution in [0.3, 0.4) is 0 Å². The molecule has 1 saturated carbocycles. The van der Waals surface area contributed by atoms with Crippen molar-refractivity contribution in [1.82, 2.24) is 5.32 Å². The van der Waals surface area contributed by atoms with E-state index in [0.29, 0.717) is 25.1 Å². The van der Waals surface area contributed by atoms with Gasteiger partial charge in [0.15, 0.2) is 0 Å². The summed E-state index contributed by atoms with van der Waals surface area (Å²) >= 11 is 0. The number of halogens is 1. The van der Waals surface area contributed by atoms with Crippen molar-refractivity contribution in [3.05, 3.63) is 29.1 Å². The standard InChI is InChI=1S/C18H24FN3O2/c19-14-10-15-12(5-6-16(23)22-15)9-13(14)17(24)21-11-18(20)7-3-1-2-4-8-18/h9-10H,1-8,11,20H2,(H,21,24)(H,22,23). The first kappa shape index (κ1) is 16.9. The molecule has 1 heterocycles. The Morgan fingerprint density at radius 1 is 1.21 bits per heavy atom. The molecular formula is C18H24FN3O2. The van der Waals surface area contributed by atoms with Gasteiger partial charge in [0.25, 0.3) is 5.91 Å². The Hall–Kier alpha value is -1.95. The van der Waals surface area contributed by atoms with E-state index in [1.807, 2.05) is 0 Å². The number of carbonyl (C=O) groups is 2. The molecule has 2 amide bonds. The molecule has 0 saturated heterocycles. The van der Waals surface area contributed by atoms with Gasteiger partial charge < -0.3 is 16.4 Å². The van der Waals surface area contributed by atoms with Gasteiger partial charge in [-0.25, -0.2) is 4.39 Å². The summed E-state index contributed by atoms with van der Waals surface area (Å²) in [6, 6.07) is 2.76. The molecule has 5 nitrogen and oxygen atoms in total. The molecule has 3 rings (SSSR count). The fourth-order valence-corrected chi connectivity index (χ4v) is 3.54. The van der Waals surface area contributed by atoms with E-state index in [4.69, 9.17) is 5.73 Å². The molecule has 0 spiro atoms. The molecule has 24 heavy (non-hydrogen) atoms. The summed E-state index contributed by atoms with van der Waals surface area (Å²) in [7, 11) is 0. The van der Waals surface area contributed by atoms with Gasteiger partial charge in [0.1, 0.15) is 5.82 Å². The Labute approximate surface area is 141 Å². The van der Waals surface area contributed by atoms with E-state index in [1.165, 1.54) is 25.0 Å². The minimum absolute atomic E-state index is 0.0159. The monoisotopic (exact) mass is 333 g/mol. The van der Waals surface area contributed by atoms with Crippen LogP contribution in [0.2, 0.25) is 0 Å². The number of rotatable bonds is 3. The predicted molar refractivity (Wildman–Crippen MR) is 90.3 cm³/mol. The molecule has 1 aromatic rings. The topological polar surface area (TPSA) is 84.2 Å². The van der Waals surface area contributed by atoms with Crippen molar-refractivity contribution in [1.29, 1.82) is 0 Å². The molecule has 4 N–H and O–H groups in total. The van der Waals surface area contributed by atoms with Gasteiger partial charge in [-0.15, -0.1) is 0 Å². The Morgan fingerprint density at radius 3 is 2.62 bits per heavy atom. The first-order valence-electron chi connectivity index (χ1n) is 8.66. The maximum Gasteiger partial charge on any atom is 0.254 e. The highest BCUT2D eigenvalue weighted by atomic mass is 19.1. The normalized spacial score (nSPS) is 19.8. The van der Waals surface area contributed by atoms with Crippen molar-refractivity contribution >= 4 is 17.5 Å². The molecule has 130 valence electrons. The van der Waals surface area contributed by atoms with Crippen LogP contribution in [0.25, 0.3) is 0 Å². The number of nitrogens with two attached hydrogens (primary N) is 1. The highest BCUT2D eigenvalue weighted by Gasteiger charge is 2.27. The molecule has 0 unspecified atom stereocenters. The number of benzene rings is 1. The van der Waals surface area contributed by atoms with E-state index in [2.05, 4.69) is 10.6 Å². The zero-order valence-electron chi connectivity index (χ0n) is 13.8.